The van der Waals surface area contributed by atoms with E-state index in [2.05, 4.69) is 4.98 Å². The number of alkyl halides is 1. The third kappa shape index (κ3) is 2.69. The molecule has 1 saturated heterocycles. The van der Waals surface area contributed by atoms with Crippen molar-refractivity contribution < 1.29 is 19.3 Å². The van der Waals surface area contributed by atoms with E-state index in [1.54, 1.807) is 6.08 Å². The first-order valence-corrected chi connectivity index (χ1v) is 6.58. The van der Waals surface area contributed by atoms with Crippen LogP contribution in [0, 0.1) is 0 Å². The molecular weight excluding hydrogens is 281 g/mol. The number of hydrogen-bond donors (Lipinski definition) is 3. The maximum Gasteiger partial charge on any atom is 0.351 e. The molecule has 0 bridgehead atoms. The van der Waals surface area contributed by atoms with Crippen molar-refractivity contribution in [2.75, 3.05) is 12.3 Å². The number of allylic oxidation sites excluding steroid dienone is 1. The summed E-state index contributed by atoms with van der Waals surface area (Å²) in [5.41, 5.74) is 3.00. The summed E-state index contributed by atoms with van der Waals surface area (Å²) in [6.07, 6.45) is 0.0725. The van der Waals surface area contributed by atoms with Crippen LogP contribution in [0.2, 0.25) is 0 Å². The topological polar surface area (TPSA) is 111 Å². The van der Waals surface area contributed by atoms with Crippen molar-refractivity contribution in [1.29, 1.82) is 0 Å². The molecule has 116 valence electrons. The van der Waals surface area contributed by atoms with E-state index in [9.17, 15) is 19.4 Å². The van der Waals surface area contributed by atoms with Crippen LogP contribution < -0.4 is 11.4 Å². The van der Waals surface area contributed by atoms with Gasteiger partial charge in [-0.25, -0.2) is 9.18 Å². The molecule has 0 saturated carbocycles. The number of hydrogen-bond acceptors (Lipinski definition) is 6. The van der Waals surface area contributed by atoms with Crippen LogP contribution in [-0.2, 0) is 4.74 Å². The number of halogens is 1. The van der Waals surface area contributed by atoms with Gasteiger partial charge in [0.1, 0.15) is 17.5 Å². The van der Waals surface area contributed by atoms with E-state index in [1.165, 1.54) is 18.3 Å². The molecule has 0 aromatic carbocycles. The Hall–Kier alpha value is -1.77. The van der Waals surface area contributed by atoms with Gasteiger partial charge in [0, 0.05) is 6.20 Å². The summed E-state index contributed by atoms with van der Waals surface area (Å²) >= 11 is 0. The summed E-state index contributed by atoms with van der Waals surface area (Å²) < 4.78 is 20.7. The van der Waals surface area contributed by atoms with Crippen molar-refractivity contribution in [3.8, 4) is 0 Å². The predicted molar refractivity (Wildman–Crippen MR) is 73.2 cm³/mol. The molecule has 7 nitrogen and oxygen atoms in total. The van der Waals surface area contributed by atoms with Gasteiger partial charge in [-0.3, -0.25) is 4.57 Å². The lowest BCUT2D eigenvalue weighted by Crippen LogP contribution is -2.43. The second kappa shape index (κ2) is 5.92. The van der Waals surface area contributed by atoms with Crippen molar-refractivity contribution in [1.82, 2.24) is 9.55 Å². The van der Waals surface area contributed by atoms with Crippen molar-refractivity contribution >= 4 is 5.82 Å². The van der Waals surface area contributed by atoms with Crippen LogP contribution in [0.15, 0.2) is 29.2 Å². The Morgan fingerprint density at radius 1 is 1.67 bits per heavy atom. The normalized spacial score (nSPS) is 32.9. The second-order valence-electron chi connectivity index (χ2n) is 4.86. The number of aliphatic hydroxyl groups is 2. The number of aromatic nitrogens is 2. The molecule has 21 heavy (non-hydrogen) atoms. The molecule has 0 aliphatic carbocycles. The van der Waals surface area contributed by atoms with Crippen LogP contribution in [0.25, 0.3) is 0 Å². The average Bonchev–Trinajstić information content (AvgIpc) is 2.71. The molecule has 0 amide bonds. The molecule has 0 unspecified atom stereocenters. The van der Waals surface area contributed by atoms with Gasteiger partial charge in [-0.1, -0.05) is 19.1 Å². The lowest BCUT2D eigenvalue weighted by molar-refractivity contribution is -0.0985. The monoisotopic (exact) mass is 299 g/mol. The lowest BCUT2D eigenvalue weighted by atomic mass is 9.96. The number of nitrogen functional groups attached to an aromatic ring is 1. The summed E-state index contributed by atoms with van der Waals surface area (Å²) in [7, 11) is 0. The number of nitrogens with two attached hydrogens (primary N) is 1. The van der Waals surface area contributed by atoms with Gasteiger partial charge in [0.25, 0.3) is 0 Å². The van der Waals surface area contributed by atoms with Crippen molar-refractivity contribution in [3.63, 3.8) is 0 Å². The Morgan fingerprint density at radius 3 is 2.95 bits per heavy atom. The fourth-order valence-electron chi connectivity index (χ4n) is 2.25. The standard InChI is InChI=1S/C13H18FN3O4/c1-2-3-5-13(7-18)10(19)9(14)11(21-13)17-6-4-8(15)16-12(17)20/h3-6,9-11,18-19H,2,7H2,1H3,(H2,15,16,20)/t9-,10+,11-,13-/m1/s1. The predicted octanol–water partition coefficient (Wildman–Crippen LogP) is -0.249. The van der Waals surface area contributed by atoms with Crippen molar-refractivity contribution in [2.45, 2.75) is 37.4 Å². The zero-order valence-electron chi connectivity index (χ0n) is 11.5. The zero-order chi connectivity index (χ0) is 15.6. The summed E-state index contributed by atoms with van der Waals surface area (Å²) in [5, 5.41) is 19.5. The first kappa shape index (κ1) is 15.6. The van der Waals surface area contributed by atoms with Crippen LogP contribution in [0.5, 0.6) is 0 Å². The van der Waals surface area contributed by atoms with Crippen LogP contribution in [0.4, 0.5) is 10.2 Å². The largest absolute Gasteiger partial charge is 0.393 e. The molecule has 1 aliphatic heterocycles. The van der Waals surface area contributed by atoms with Gasteiger partial charge in [0.2, 0.25) is 0 Å². The van der Waals surface area contributed by atoms with Crippen LogP contribution >= 0.6 is 0 Å². The van der Waals surface area contributed by atoms with Gasteiger partial charge < -0.3 is 20.7 Å². The number of nitrogens with zero attached hydrogens (tertiary/aromatic N) is 2. The smallest absolute Gasteiger partial charge is 0.351 e. The number of aliphatic hydroxyl groups excluding tert-OH is 2. The number of ether oxygens (including phenoxy) is 1. The third-order valence-corrected chi connectivity index (χ3v) is 3.42. The van der Waals surface area contributed by atoms with E-state index >= 15 is 0 Å². The Morgan fingerprint density at radius 2 is 2.38 bits per heavy atom. The molecule has 2 heterocycles. The lowest BCUT2D eigenvalue weighted by Gasteiger charge is -2.26. The van der Waals surface area contributed by atoms with Gasteiger partial charge >= 0.3 is 5.69 Å². The molecule has 4 atom stereocenters. The van der Waals surface area contributed by atoms with E-state index in [0.29, 0.717) is 6.42 Å². The zero-order valence-corrected chi connectivity index (χ0v) is 11.5. The minimum absolute atomic E-state index is 0.00417. The minimum Gasteiger partial charge on any atom is -0.393 e. The molecule has 1 aromatic heterocycles. The highest BCUT2D eigenvalue weighted by atomic mass is 19.1. The van der Waals surface area contributed by atoms with Crippen molar-refractivity contribution in [3.05, 3.63) is 34.9 Å². The molecule has 4 N–H and O–H groups in total. The fourth-order valence-corrected chi connectivity index (χ4v) is 2.25. The van der Waals surface area contributed by atoms with E-state index in [0.717, 1.165) is 4.57 Å². The molecule has 8 heteroatoms. The molecular formula is C13H18FN3O4. The number of rotatable bonds is 4. The summed E-state index contributed by atoms with van der Waals surface area (Å²) in [5.74, 6) is 0.00417. The summed E-state index contributed by atoms with van der Waals surface area (Å²) in [6.45, 7) is 1.24. The highest BCUT2D eigenvalue weighted by molar-refractivity contribution is 5.24. The van der Waals surface area contributed by atoms with Gasteiger partial charge in [-0.2, -0.15) is 4.98 Å². The van der Waals surface area contributed by atoms with Gasteiger partial charge in [-0.05, 0) is 12.5 Å². The van der Waals surface area contributed by atoms with Gasteiger partial charge in [0.15, 0.2) is 12.4 Å². The highest BCUT2D eigenvalue weighted by Crippen LogP contribution is 2.39. The molecule has 2 rings (SSSR count). The van der Waals surface area contributed by atoms with E-state index < -0.39 is 36.4 Å². The van der Waals surface area contributed by atoms with E-state index in [-0.39, 0.29) is 5.82 Å². The quantitative estimate of drug-likeness (QED) is 0.661. The van der Waals surface area contributed by atoms with Crippen molar-refractivity contribution in [2.24, 2.45) is 0 Å². The number of anilines is 1. The fraction of sp³-hybridized carbons (Fsp3) is 0.538. The summed E-state index contributed by atoms with van der Waals surface area (Å²) in [6, 6.07) is 1.32. The van der Waals surface area contributed by atoms with Gasteiger partial charge in [0.05, 0.1) is 6.61 Å². The molecule has 0 spiro atoms. The first-order chi connectivity index (χ1) is 9.95. The maximum atomic E-state index is 14.3. The molecule has 1 fully saturated rings. The molecule has 1 aliphatic rings. The SMILES string of the molecule is CCC=C[C@]1(CO)O[C@@H](n2ccc(N)nc2=O)[C@H](F)[C@@H]1O. The Kier molecular flexibility index (Phi) is 4.40. The Labute approximate surface area is 120 Å². The maximum absolute atomic E-state index is 14.3. The average molecular weight is 299 g/mol. The third-order valence-electron chi connectivity index (χ3n) is 3.42. The molecule has 0 radical (unpaired) electrons. The van der Waals surface area contributed by atoms with Crippen LogP contribution in [0.3, 0.4) is 0 Å². The highest BCUT2D eigenvalue weighted by Gasteiger charge is 2.54. The Balaban J connectivity index is 2.39. The Bertz CT molecular complexity index is 591. The van der Waals surface area contributed by atoms with E-state index in [1.807, 2.05) is 6.92 Å². The van der Waals surface area contributed by atoms with Gasteiger partial charge in [-0.15, -0.1) is 0 Å². The van der Waals surface area contributed by atoms with Crippen LogP contribution in [-0.4, -0.2) is 44.2 Å². The van der Waals surface area contributed by atoms with Crippen LogP contribution in [0.1, 0.15) is 19.6 Å². The second-order valence-corrected chi connectivity index (χ2v) is 4.86. The minimum atomic E-state index is -1.89. The molecule has 1 aromatic rings. The van der Waals surface area contributed by atoms with E-state index in [4.69, 9.17) is 10.5 Å². The summed E-state index contributed by atoms with van der Waals surface area (Å²) in [4.78, 5) is 15.2. The first-order valence-electron chi connectivity index (χ1n) is 6.58.